The fourth-order valence-corrected chi connectivity index (χ4v) is 4.34. The van der Waals surface area contributed by atoms with Crippen LogP contribution in [-0.2, 0) is 11.2 Å². The topological polar surface area (TPSA) is 112 Å². The molecule has 5 rings (SSSR count). The average Bonchev–Trinajstić information content (AvgIpc) is 3.32. The van der Waals surface area contributed by atoms with Gasteiger partial charge in [0, 0.05) is 32.2 Å². The predicted octanol–water partition coefficient (Wildman–Crippen LogP) is 2.22. The number of aliphatic hydroxyl groups excluding tert-OH is 1. The Kier molecular flexibility index (Phi) is 5.65. The lowest BCUT2D eigenvalue weighted by atomic mass is 9.99. The summed E-state index contributed by atoms with van der Waals surface area (Å²) in [6, 6.07) is 7.58. The van der Waals surface area contributed by atoms with E-state index in [0.717, 1.165) is 17.5 Å². The summed E-state index contributed by atoms with van der Waals surface area (Å²) in [7, 11) is 1.80. The van der Waals surface area contributed by atoms with E-state index in [0.29, 0.717) is 61.2 Å². The standard InChI is InChI=1S/C24H25N5O4/c1-28(8-11-30)19-14-18(23(31)32)25-22-20(17-7-3-5-15-4-2-6-16(15)17)26-24(27-21(19)22)29-9-12-33-13-10-29/h2-3,5-7,14,30H,4,8-13H2,1H3,(H,31,32). The number of carboxylic acids is 1. The third kappa shape index (κ3) is 3.90. The molecule has 0 amide bonds. The lowest BCUT2D eigenvalue weighted by molar-refractivity contribution is 0.0691. The zero-order valence-electron chi connectivity index (χ0n) is 18.4. The number of ether oxygens (including phenoxy) is 1. The molecule has 2 aromatic heterocycles. The van der Waals surface area contributed by atoms with Gasteiger partial charge in [-0.05, 0) is 23.6 Å². The molecule has 33 heavy (non-hydrogen) atoms. The Labute approximate surface area is 191 Å². The van der Waals surface area contributed by atoms with E-state index in [2.05, 4.69) is 28.1 Å². The summed E-state index contributed by atoms with van der Waals surface area (Å²) in [5, 5.41) is 19.3. The van der Waals surface area contributed by atoms with Crippen molar-refractivity contribution in [3.8, 4) is 11.3 Å². The number of allylic oxidation sites excluding steroid dienone is 1. The third-order valence-corrected chi connectivity index (χ3v) is 6.05. The molecule has 1 aromatic carbocycles. The molecule has 2 aliphatic rings. The van der Waals surface area contributed by atoms with E-state index in [4.69, 9.17) is 14.7 Å². The molecule has 170 valence electrons. The van der Waals surface area contributed by atoms with Crippen LogP contribution in [0.5, 0.6) is 0 Å². The molecular weight excluding hydrogens is 422 g/mol. The van der Waals surface area contributed by atoms with Crippen molar-refractivity contribution in [2.24, 2.45) is 0 Å². The number of likely N-dealkylation sites (N-methyl/N-ethyl adjacent to an activating group) is 1. The van der Waals surface area contributed by atoms with Gasteiger partial charge in [0.1, 0.15) is 16.7 Å². The van der Waals surface area contributed by atoms with Gasteiger partial charge in [-0.2, -0.15) is 0 Å². The van der Waals surface area contributed by atoms with Gasteiger partial charge >= 0.3 is 5.97 Å². The van der Waals surface area contributed by atoms with E-state index in [1.54, 1.807) is 11.9 Å². The van der Waals surface area contributed by atoms with Crippen LogP contribution in [0.15, 0.2) is 30.3 Å². The Balaban J connectivity index is 1.82. The van der Waals surface area contributed by atoms with E-state index >= 15 is 0 Å². The zero-order chi connectivity index (χ0) is 22.9. The number of aliphatic hydroxyl groups is 1. The van der Waals surface area contributed by atoms with E-state index < -0.39 is 5.97 Å². The van der Waals surface area contributed by atoms with Crippen molar-refractivity contribution in [2.45, 2.75) is 6.42 Å². The number of nitrogens with zero attached hydrogens (tertiary/aromatic N) is 5. The lowest BCUT2D eigenvalue weighted by Crippen LogP contribution is -2.37. The Morgan fingerprint density at radius 1 is 1.18 bits per heavy atom. The van der Waals surface area contributed by atoms with Gasteiger partial charge in [-0.3, -0.25) is 0 Å². The van der Waals surface area contributed by atoms with Crippen LogP contribution in [0.2, 0.25) is 0 Å². The molecule has 0 radical (unpaired) electrons. The molecule has 0 atom stereocenters. The van der Waals surface area contributed by atoms with Crippen molar-refractivity contribution in [1.82, 2.24) is 15.0 Å². The van der Waals surface area contributed by atoms with Crippen LogP contribution in [0.4, 0.5) is 11.6 Å². The fourth-order valence-electron chi connectivity index (χ4n) is 4.34. The number of anilines is 2. The number of carboxylic acid groups (broad SMARTS) is 1. The zero-order valence-corrected chi connectivity index (χ0v) is 18.4. The number of fused-ring (bicyclic) bond motifs is 2. The summed E-state index contributed by atoms with van der Waals surface area (Å²) in [5.74, 6) is -0.569. The molecule has 1 saturated heterocycles. The molecule has 0 bridgehead atoms. The van der Waals surface area contributed by atoms with E-state index in [1.807, 2.05) is 12.1 Å². The van der Waals surface area contributed by atoms with Crippen molar-refractivity contribution >= 4 is 34.7 Å². The number of aromatic nitrogens is 3. The highest BCUT2D eigenvalue weighted by Gasteiger charge is 2.24. The normalized spacial score (nSPS) is 15.2. The third-order valence-electron chi connectivity index (χ3n) is 6.05. The number of morpholine rings is 1. The summed E-state index contributed by atoms with van der Waals surface area (Å²) in [4.78, 5) is 30.0. The molecule has 9 nitrogen and oxygen atoms in total. The number of pyridine rings is 1. The number of benzene rings is 1. The maximum atomic E-state index is 11.9. The lowest BCUT2D eigenvalue weighted by Gasteiger charge is -2.28. The maximum absolute atomic E-state index is 11.9. The van der Waals surface area contributed by atoms with E-state index in [1.165, 1.54) is 11.6 Å². The van der Waals surface area contributed by atoms with Crippen molar-refractivity contribution < 1.29 is 19.7 Å². The van der Waals surface area contributed by atoms with Crippen molar-refractivity contribution in [3.05, 3.63) is 47.2 Å². The quantitative estimate of drug-likeness (QED) is 0.587. The summed E-state index contributed by atoms with van der Waals surface area (Å²) >= 11 is 0. The first-order valence-electron chi connectivity index (χ1n) is 11.0. The monoisotopic (exact) mass is 447 g/mol. The number of rotatable bonds is 6. The predicted molar refractivity (Wildman–Crippen MR) is 126 cm³/mol. The van der Waals surface area contributed by atoms with Gasteiger partial charge in [0.15, 0.2) is 5.69 Å². The molecule has 0 saturated carbocycles. The average molecular weight is 447 g/mol. The molecule has 1 aliphatic heterocycles. The molecule has 3 heterocycles. The molecule has 1 fully saturated rings. The second-order valence-corrected chi connectivity index (χ2v) is 8.13. The smallest absolute Gasteiger partial charge is 0.354 e. The van der Waals surface area contributed by atoms with E-state index in [9.17, 15) is 15.0 Å². The van der Waals surface area contributed by atoms with Crippen LogP contribution in [0.3, 0.4) is 0 Å². The number of carbonyl (C=O) groups is 1. The van der Waals surface area contributed by atoms with Gasteiger partial charge in [0.2, 0.25) is 5.95 Å². The minimum Gasteiger partial charge on any atom is -0.477 e. The first-order chi connectivity index (χ1) is 16.1. The van der Waals surface area contributed by atoms with Crippen LogP contribution >= 0.6 is 0 Å². The van der Waals surface area contributed by atoms with Crippen LogP contribution in [-0.4, -0.2) is 77.6 Å². The van der Waals surface area contributed by atoms with Crippen LogP contribution in [0, 0.1) is 0 Å². The van der Waals surface area contributed by atoms with Gasteiger partial charge in [0.25, 0.3) is 0 Å². The maximum Gasteiger partial charge on any atom is 0.354 e. The van der Waals surface area contributed by atoms with Crippen molar-refractivity contribution in [2.75, 3.05) is 56.3 Å². The van der Waals surface area contributed by atoms with Gasteiger partial charge < -0.3 is 24.7 Å². The number of hydrogen-bond acceptors (Lipinski definition) is 8. The van der Waals surface area contributed by atoms with Gasteiger partial charge in [-0.1, -0.05) is 30.4 Å². The molecule has 9 heteroatoms. The summed E-state index contributed by atoms with van der Waals surface area (Å²) in [6.45, 7) is 2.77. The Bertz CT molecular complexity index is 1250. The molecule has 0 spiro atoms. The number of hydrogen-bond donors (Lipinski definition) is 2. The van der Waals surface area contributed by atoms with Gasteiger partial charge in [-0.25, -0.2) is 19.7 Å². The first kappa shape index (κ1) is 21.3. The highest BCUT2D eigenvalue weighted by atomic mass is 16.5. The van der Waals surface area contributed by atoms with Crippen molar-refractivity contribution in [1.29, 1.82) is 0 Å². The van der Waals surface area contributed by atoms with Crippen LogP contribution in [0.25, 0.3) is 28.4 Å². The van der Waals surface area contributed by atoms with Gasteiger partial charge in [0.05, 0.1) is 25.5 Å². The molecule has 1 aliphatic carbocycles. The minimum absolute atomic E-state index is 0.0754. The summed E-state index contributed by atoms with van der Waals surface area (Å²) in [5.41, 5.74) is 5.25. The largest absolute Gasteiger partial charge is 0.477 e. The van der Waals surface area contributed by atoms with Crippen molar-refractivity contribution in [3.63, 3.8) is 0 Å². The second-order valence-electron chi connectivity index (χ2n) is 8.13. The highest BCUT2D eigenvalue weighted by Crippen LogP contribution is 2.37. The Hall–Kier alpha value is -3.56. The second kappa shape index (κ2) is 8.76. The SMILES string of the molecule is CN(CCO)c1cc(C(=O)O)nc2c(-c3cccc4c3C=CC4)nc(N3CCOCC3)nc12. The van der Waals surface area contributed by atoms with E-state index in [-0.39, 0.29) is 12.3 Å². The minimum atomic E-state index is -1.13. The fraction of sp³-hybridized carbons (Fsp3) is 0.333. The van der Waals surface area contributed by atoms with Gasteiger partial charge in [-0.15, -0.1) is 0 Å². The van der Waals surface area contributed by atoms with Crippen LogP contribution in [0.1, 0.15) is 21.6 Å². The Morgan fingerprint density at radius 3 is 2.76 bits per heavy atom. The molecule has 2 N–H and O–H groups in total. The Morgan fingerprint density at radius 2 is 2.00 bits per heavy atom. The summed E-state index contributed by atoms with van der Waals surface area (Å²) < 4.78 is 5.50. The summed E-state index contributed by atoms with van der Waals surface area (Å²) in [6.07, 6.45) is 5.03. The molecule has 0 unspecified atom stereocenters. The van der Waals surface area contributed by atoms with Crippen LogP contribution < -0.4 is 9.80 Å². The number of aromatic carboxylic acids is 1. The molecule has 3 aromatic rings. The first-order valence-corrected chi connectivity index (χ1v) is 11.0. The molecular formula is C24H25N5O4. The highest BCUT2D eigenvalue weighted by molar-refractivity contribution is 6.02.